The lowest BCUT2D eigenvalue weighted by atomic mass is 10.2. The number of aliphatic carboxylic acids is 1. The number of nitrogens with zero attached hydrogens (tertiary/aromatic N) is 2. The molecule has 4 nitrogen and oxygen atoms in total. The zero-order valence-electron chi connectivity index (χ0n) is 11.3. The molecule has 0 bridgehead atoms. The van der Waals surface area contributed by atoms with Crippen molar-refractivity contribution in [1.82, 2.24) is 9.55 Å². The van der Waals surface area contributed by atoms with E-state index in [9.17, 15) is 4.79 Å². The number of benzene rings is 1. The molecule has 0 saturated heterocycles. The van der Waals surface area contributed by atoms with E-state index in [0.29, 0.717) is 5.16 Å². The molecule has 0 aliphatic heterocycles. The van der Waals surface area contributed by atoms with E-state index >= 15 is 0 Å². The summed E-state index contributed by atoms with van der Waals surface area (Å²) in [5, 5.41) is 9.55. The molecule has 0 aliphatic rings. The molecule has 20 heavy (non-hydrogen) atoms. The van der Waals surface area contributed by atoms with E-state index in [1.165, 1.54) is 11.8 Å². The Labute approximate surface area is 130 Å². The van der Waals surface area contributed by atoms with Crippen LogP contribution in [0.5, 0.6) is 0 Å². The monoisotopic (exact) mass is 354 g/mol. The van der Waals surface area contributed by atoms with E-state index in [1.54, 1.807) is 0 Å². The number of thioether (sulfide) groups is 1. The first kappa shape index (κ1) is 15.1. The van der Waals surface area contributed by atoms with Gasteiger partial charge in [-0.3, -0.25) is 9.36 Å². The molecule has 0 spiro atoms. The molecule has 2 aromatic rings. The standard InChI is InChI=1S/C14H15BrN2O2S/c1-3-11-7-16-14(20-8-13(18)19)17(11)12-6-10(15)5-4-9(12)2/h4-7H,3,8H2,1-2H3,(H,18,19). The normalized spacial score (nSPS) is 10.8. The van der Waals surface area contributed by atoms with Crippen LogP contribution in [0.3, 0.4) is 0 Å². The molecule has 1 aromatic carbocycles. The maximum absolute atomic E-state index is 10.8. The second-order valence-electron chi connectivity index (χ2n) is 4.33. The van der Waals surface area contributed by atoms with Crippen molar-refractivity contribution in [3.8, 4) is 5.69 Å². The number of halogens is 1. The first-order chi connectivity index (χ1) is 9.52. The van der Waals surface area contributed by atoms with Crippen LogP contribution in [0.15, 0.2) is 34.0 Å². The molecular weight excluding hydrogens is 340 g/mol. The number of rotatable bonds is 5. The minimum atomic E-state index is -0.839. The Morgan fingerprint density at radius 3 is 2.90 bits per heavy atom. The molecule has 0 amide bonds. The summed E-state index contributed by atoms with van der Waals surface area (Å²) in [6, 6.07) is 6.05. The number of carboxylic acid groups (broad SMARTS) is 1. The summed E-state index contributed by atoms with van der Waals surface area (Å²) in [4.78, 5) is 15.1. The second-order valence-corrected chi connectivity index (χ2v) is 6.19. The van der Waals surface area contributed by atoms with Gasteiger partial charge in [0.1, 0.15) is 0 Å². The molecule has 2 rings (SSSR count). The van der Waals surface area contributed by atoms with Crippen LogP contribution >= 0.6 is 27.7 Å². The Kier molecular flexibility index (Phi) is 4.88. The molecular formula is C14H15BrN2O2S. The molecule has 0 saturated carbocycles. The van der Waals surface area contributed by atoms with Crippen LogP contribution in [0.25, 0.3) is 5.69 Å². The molecule has 1 N–H and O–H groups in total. The number of imidazole rings is 1. The fraction of sp³-hybridized carbons (Fsp3) is 0.286. The number of carbonyl (C=O) groups is 1. The highest BCUT2D eigenvalue weighted by atomic mass is 79.9. The summed E-state index contributed by atoms with van der Waals surface area (Å²) < 4.78 is 3.02. The fourth-order valence-corrected chi connectivity index (χ4v) is 3.00. The van der Waals surface area contributed by atoms with Gasteiger partial charge in [0.2, 0.25) is 0 Å². The molecule has 0 fully saturated rings. The fourth-order valence-electron chi connectivity index (χ4n) is 1.93. The molecule has 1 heterocycles. The predicted molar refractivity (Wildman–Crippen MR) is 83.7 cm³/mol. The SMILES string of the molecule is CCc1cnc(SCC(=O)O)n1-c1cc(Br)ccc1C. The van der Waals surface area contributed by atoms with E-state index in [2.05, 4.69) is 27.8 Å². The van der Waals surface area contributed by atoms with Gasteiger partial charge in [-0.1, -0.05) is 40.7 Å². The van der Waals surface area contributed by atoms with Gasteiger partial charge >= 0.3 is 5.97 Å². The molecule has 0 atom stereocenters. The predicted octanol–water partition coefficient (Wildman–Crippen LogP) is 3.68. The second kappa shape index (κ2) is 6.45. The lowest BCUT2D eigenvalue weighted by Gasteiger charge is -2.13. The summed E-state index contributed by atoms with van der Waals surface area (Å²) in [5.41, 5.74) is 3.22. The number of aryl methyl sites for hydroxylation is 2. The van der Waals surface area contributed by atoms with Crippen LogP contribution in [0.2, 0.25) is 0 Å². The van der Waals surface area contributed by atoms with Gasteiger partial charge in [-0.15, -0.1) is 0 Å². The highest BCUT2D eigenvalue weighted by Gasteiger charge is 2.14. The average molecular weight is 355 g/mol. The van der Waals surface area contributed by atoms with Crippen molar-refractivity contribution in [2.45, 2.75) is 25.4 Å². The van der Waals surface area contributed by atoms with Crippen LogP contribution in [0.1, 0.15) is 18.2 Å². The lowest BCUT2D eigenvalue weighted by molar-refractivity contribution is -0.133. The highest BCUT2D eigenvalue weighted by Crippen LogP contribution is 2.27. The minimum Gasteiger partial charge on any atom is -0.481 e. The quantitative estimate of drug-likeness (QED) is 0.832. The number of hydrogen-bond donors (Lipinski definition) is 1. The van der Waals surface area contributed by atoms with Crippen molar-refractivity contribution in [2.75, 3.05) is 5.75 Å². The van der Waals surface area contributed by atoms with Gasteiger partial charge in [0.05, 0.1) is 11.4 Å². The largest absolute Gasteiger partial charge is 0.481 e. The Morgan fingerprint density at radius 2 is 2.25 bits per heavy atom. The van der Waals surface area contributed by atoms with Crippen LogP contribution in [0.4, 0.5) is 0 Å². The molecule has 0 radical (unpaired) electrons. The third-order valence-electron chi connectivity index (χ3n) is 2.90. The number of carboxylic acids is 1. The summed E-state index contributed by atoms with van der Waals surface area (Å²) in [6.07, 6.45) is 2.65. The lowest BCUT2D eigenvalue weighted by Crippen LogP contribution is -2.05. The van der Waals surface area contributed by atoms with E-state index in [-0.39, 0.29) is 5.75 Å². The van der Waals surface area contributed by atoms with Crippen LogP contribution in [-0.4, -0.2) is 26.4 Å². The van der Waals surface area contributed by atoms with Crippen LogP contribution in [0, 0.1) is 6.92 Å². The van der Waals surface area contributed by atoms with E-state index < -0.39 is 5.97 Å². The van der Waals surface area contributed by atoms with Crippen molar-refractivity contribution in [3.63, 3.8) is 0 Å². The zero-order valence-corrected chi connectivity index (χ0v) is 13.7. The number of hydrogen-bond acceptors (Lipinski definition) is 3. The van der Waals surface area contributed by atoms with E-state index in [0.717, 1.165) is 27.8 Å². The van der Waals surface area contributed by atoms with Crippen LogP contribution in [-0.2, 0) is 11.2 Å². The minimum absolute atomic E-state index is 0.00716. The molecule has 0 aliphatic carbocycles. The summed E-state index contributed by atoms with van der Waals surface area (Å²) in [5.74, 6) is -0.832. The number of aromatic nitrogens is 2. The van der Waals surface area contributed by atoms with Gasteiger partial charge in [0, 0.05) is 16.4 Å². The van der Waals surface area contributed by atoms with Crippen molar-refractivity contribution in [1.29, 1.82) is 0 Å². The Bertz CT molecular complexity index is 640. The van der Waals surface area contributed by atoms with Gasteiger partial charge in [0.25, 0.3) is 0 Å². The third kappa shape index (κ3) is 3.24. The van der Waals surface area contributed by atoms with Gasteiger partial charge in [-0.25, -0.2) is 4.98 Å². The van der Waals surface area contributed by atoms with Crippen molar-refractivity contribution in [2.24, 2.45) is 0 Å². The van der Waals surface area contributed by atoms with Crippen molar-refractivity contribution < 1.29 is 9.90 Å². The average Bonchev–Trinajstić information content (AvgIpc) is 2.82. The summed E-state index contributed by atoms with van der Waals surface area (Å²) in [7, 11) is 0. The first-order valence-electron chi connectivity index (χ1n) is 6.20. The molecule has 0 unspecified atom stereocenters. The summed E-state index contributed by atoms with van der Waals surface area (Å²) >= 11 is 4.72. The molecule has 106 valence electrons. The first-order valence-corrected chi connectivity index (χ1v) is 7.98. The maximum Gasteiger partial charge on any atom is 0.313 e. The topological polar surface area (TPSA) is 55.1 Å². The summed E-state index contributed by atoms with van der Waals surface area (Å²) in [6.45, 7) is 4.10. The Balaban J connectivity index is 2.50. The van der Waals surface area contributed by atoms with E-state index in [1.807, 2.05) is 35.9 Å². The van der Waals surface area contributed by atoms with Crippen molar-refractivity contribution >= 4 is 33.7 Å². The van der Waals surface area contributed by atoms with Gasteiger partial charge < -0.3 is 5.11 Å². The highest BCUT2D eigenvalue weighted by molar-refractivity contribution is 9.10. The van der Waals surface area contributed by atoms with Gasteiger partial charge in [0.15, 0.2) is 5.16 Å². The van der Waals surface area contributed by atoms with Crippen LogP contribution < -0.4 is 0 Å². The van der Waals surface area contributed by atoms with Crippen molar-refractivity contribution in [3.05, 3.63) is 40.1 Å². The molecule has 1 aromatic heterocycles. The zero-order chi connectivity index (χ0) is 14.7. The Hall–Kier alpha value is -1.27. The third-order valence-corrected chi connectivity index (χ3v) is 4.33. The Morgan fingerprint density at radius 1 is 1.50 bits per heavy atom. The van der Waals surface area contributed by atoms with Gasteiger partial charge in [-0.2, -0.15) is 0 Å². The van der Waals surface area contributed by atoms with E-state index in [4.69, 9.17) is 5.11 Å². The maximum atomic E-state index is 10.8. The van der Waals surface area contributed by atoms with Gasteiger partial charge in [-0.05, 0) is 31.0 Å². The molecule has 6 heteroatoms. The smallest absolute Gasteiger partial charge is 0.313 e.